The van der Waals surface area contributed by atoms with Crippen LogP contribution in [0.3, 0.4) is 0 Å². The lowest BCUT2D eigenvalue weighted by Gasteiger charge is -2.31. The van der Waals surface area contributed by atoms with Crippen LogP contribution in [0.25, 0.3) is 22.2 Å². The predicted molar refractivity (Wildman–Crippen MR) is 167 cm³/mol. The van der Waals surface area contributed by atoms with Gasteiger partial charge in [0.25, 0.3) is 0 Å². The molecule has 4 aliphatic rings. The first-order valence-electron chi connectivity index (χ1n) is 16.1. The minimum absolute atomic E-state index is 0.103. The number of halogens is 1. The average molecular weight is 604 g/mol. The average Bonchev–Trinajstić information content (AvgIpc) is 3.40. The minimum Gasteiger partial charge on any atom is -0.508 e. The number of rotatable bonds is 7. The molecule has 1 aromatic carbocycles. The van der Waals surface area contributed by atoms with Crippen molar-refractivity contribution in [1.82, 2.24) is 19.9 Å². The van der Waals surface area contributed by atoms with Gasteiger partial charge in [-0.05, 0) is 87.1 Å². The summed E-state index contributed by atoms with van der Waals surface area (Å²) in [6.45, 7) is 11.2. The summed E-state index contributed by atoms with van der Waals surface area (Å²) in [5.41, 5.74) is 4.03. The van der Waals surface area contributed by atoms with Crippen LogP contribution in [-0.4, -0.2) is 83.6 Å². The first-order chi connectivity index (χ1) is 21.4. The third kappa shape index (κ3) is 5.05. The van der Waals surface area contributed by atoms with Gasteiger partial charge in [-0.1, -0.05) is 19.1 Å². The van der Waals surface area contributed by atoms with Crippen molar-refractivity contribution in [2.45, 2.75) is 69.7 Å². The summed E-state index contributed by atoms with van der Waals surface area (Å²) in [6.07, 6.45) is 7.64. The van der Waals surface area contributed by atoms with E-state index in [1.54, 1.807) is 6.07 Å². The molecule has 3 saturated heterocycles. The van der Waals surface area contributed by atoms with Crippen molar-refractivity contribution in [2.24, 2.45) is 0 Å². The van der Waals surface area contributed by atoms with E-state index >= 15 is 4.39 Å². The lowest BCUT2D eigenvalue weighted by atomic mass is 9.78. The molecular formula is C34H42FN5O4. The Balaban J connectivity index is 1.39. The van der Waals surface area contributed by atoms with E-state index in [4.69, 9.17) is 29.2 Å². The third-order valence-corrected chi connectivity index (χ3v) is 10.0. The molecule has 5 heterocycles. The van der Waals surface area contributed by atoms with Gasteiger partial charge in [0, 0.05) is 31.8 Å². The fourth-order valence-electron chi connectivity index (χ4n) is 8.00. The number of anilines is 1. The number of aromatic nitrogens is 3. The second kappa shape index (κ2) is 11.8. The van der Waals surface area contributed by atoms with E-state index in [1.165, 1.54) is 12.7 Å². The molecule has 3 aliphatic heterocycles. The molecule has 2 aromatic heterocycles. The van der Waals surface area contributed by atoms with E-state index in [0.29, 0.717) is 49.7 Å². The van der Waals surface area contributed by atoms with Crippen LogP contribution in [0.5, 0.6) is 17.6 Å². The molecule has 1 N–H and O–H groups in total. The molecular weight excluding hydrogens is 561 g/mol. The number of phenols is 1. The van der Waals surface area contributed by atoms with Gasteiger partial charge in [-0.2, -0.15) is 9.97 Å². The smallest absolute Gasteiger partial charge is 0.319 e. The van der Waals surface area contributed by atoms with Gasteiger partial charge < -0.3 is 24.2 Å². The van der Waals surface area contributed by atoms with E-state index in [0.717, 1.165) is 75.6 Å². The Morgan fingerprint density at radius 2 is 2.02 bits per heavy atom. The van der Waals surface area contributed by atoms with Gasteiger partial charge in [-0.15, -0.1) is 0 Å². The largest absolute Gasteiger partial charge is 0.508 e. The van der Waals surface area contributed by atoms with Crippen LogP contribution in [0.2, 0.25) is 0 Å². The molecule has 10 heteroatoms. The molecule has 0 bridgehead atoms. The number of aromatic hydroxyl groups is 1. The molecule has 9 nitrogen and oxygen atoms in total. The highest BCUT2D eigenvalue weighted by Crippen LogP contribution is 2.46. The quantitative estimate of drug-likeness (QED) is 0.338. The van der Waals surface area contributed by atoms with Crippen molar-refractivity contribution < 1.29 is 23.7 Å². The van der Waals surface area contributed by atoms with Crippen LogP contribution in [-0.2, 0) is 11.2 Å². The van der Waals surface area contributed by atoms with Crippen LogP contribution in [0.1, 0.15) is 68.9 Å². The van der Waals surface area contributed by atoms with Crippen molar-refractivity contribution in [3.8, 4) is 28.9 Å². The fourth-order valence-corrected chi connectivity index (χ4v) is 8.00. The summed E-state index contributed by atoms with van der Waals surface area (Å²) in [5.74, 6) is 0.571. The highest BCUT2D eigenvalue weighted by molar-refractivity contribution is 5.97. The summed E-state index contributed by atoms with van der Waals surface area (Å²) in [5, 5.41) is 11.1. The van der Waals surface area contributed by atoms with Gasteiger partial charge in [0.05, 0.1) is 19.3 Å². The normalized spacial score (nSPS) is 23.9. The van der Waals surface area contributed by atoms with Crippen molar-refractivity contribution in [2.75, 3.05) is 58.0 Å². The number of aryl methyl sites for hydroxylation is 1. The summed E-state index contributed by atoms with van der Waals surface area (Å²) >= 11 is 0. The van der Waals surface area contributed by atoms with Crippen molar-refractivity contribution >= 4 is 16.7 Å². The highest BCUT2D eigenvalue weighted by Gasteiger charge is 2.46. The van der Waals surface area contributed by atoms with Gasteiger partial charge in [-0.3, -0.25) is 4.90 Å². The number of ether oxygens (including phenoxy) is 3. The number of hydrogen-bond acceptors (Lipinski definition) is 9. The summed E-state index contributed by atoms with van der Waals surface area (Å²) < 4.78 is 35.0. The maximum atomic E-state index is 17.0. The Kier molecular flexibility index (Phi) is 7.82. The fraction of sp³-hybridized carbons (Fsp3) is 0.559. The molecule has 234 valence electrons. The molecule has 1 aliphatic carbocycles. The van der Waals surface area contributed by atoms with Gasteiger partial charge in [0.15, 0.2) is 5.82 Å². The highest BCUT2D eigenvalue weighted by atomic mass is 19.1. The SMILES string of the molecule is C=C1CN2CCCC2(COc2nc(N3CCCOCC3)c3c(OC)nc(-c4cc(O)cc5c4C(CC)CCC5)c(F)c3n2)C1. The minimum atomic E-state index is -0.566. The number of phenolic OH excluding ortho intramolecular Hbond substituents is 1. The molecule has 0 radical (unpaired) electrons. The summed E-state index contributed by atoms with van der Waals surface area (Å²) in [4.78, 5) is 18.9. The lowest BCUT2D eigenvalue weighted by Crippen LogP contribution is -2.43. The van der Waals surface area contributed by atoms with Crippen LogP contribution >= 0.6 is 0 Å². The molecule has 7 rings (SSSR count). The Morgan fingerprint density at radius 1 is 1.14 bits per heavy atom. The van der Waals surface area contributed by atoms with Gasteiger partial charge in [-0.25, -0.2) is 9.37 Å². The Bertz CT molecular complexity index is 1590. The number of fused-ring (bicyclic) bond motifs is 3. The standard InChI is InChI=1S/C34H42FN5O4/c1-4-22-8-5-9-23-16-24(41)17-25(26(22)23)29-28(35)30-27(32(36-29)42-3)31(39-11-7-14-43-15-13-39)38-33(37-30)44-20-34-10-6-12-40(34)19-21(2)18-34/h16-17,22,41H,2,4-15,18-20H2,1,3H3. The predicted octanol–water partition coefficient (Wildman–Crippen LogP) is 5.78. The van der Waals surface area contributed by atoms with Crippen LogP contribution in [0.15, 0.2) is 24.3 Å². The monoisotopic (exact) mass is 603 g/mol. The zero-order valence-corrected chi connectivity index (χ0v) is 25.8. The van der Waals surface area contributed by atoms with Crippen LogP contribution < -0.4 is 14.4 Å². The number of benzene rings is 1. The second-order valence-corrected chi connectivity index (χ2v) is 12.8. The Morgan fingerprint density at radius 3 is 2.86 bits per heavy atom. The van der Waals surface area contributed by atoms with E-state index < -0.39 is 5.82 Å². The number of hydrogen-bond donors (Lipinski definition) is 1. The molecule has 2 unspecified atom stereocenters. The van der Waals surface area contributed by atoms with Crippen molar-refractivity contribution in [1.29, 1.82) is 0 Å². The topological polar surface area (TPSA) is 93.1 Å². The zero-order chi connectivity index (χ0) is 30.4. The summed E-state index contributed by atoms with van der Waals surface area (Å²) in [7, 11) is 1.54. The van der Waals surface area contributed by atoms with Crippen molar-refractivity contribution in [3.05, 3.63) is 41.2 Å². The van der Waals surface area contributed by atoms with E-state index in [1.807, 2.05) is 6.07 Å². The van der Waals surface area contributed by atoms with Gasteiger partial charge >= 0.3 is 6.01 Å². The maximum Gasteiger partial charge on any atom is 0.319 e. The van der Waals surface area contributed by atoms with Crippen molar-refractivity contribution in [3.63, 3.8) is 0 Å². The third-order valence-electron chi connectivity index (χ3n) is 10.0. The maximum absolute atomic E-state index is 17.0. The Labute approximate surface area is 258 Å². The number of nitrogens with zero attached hydrogens (tertiary/aromatic N) is 5. The van der Waals surface area contributed by atoms with Gasteiger partial charge in [0.2, 0.25) is 5.88 Å². The van der Waals surface area contributed by atoms with Crippen LogP contribution in [0, 0.1) is 5.82 Å². The second-order valence-electron chi connectivity index (χ2n) is 12.8. The molecule has 0 spiro atoms. The first-order valence-corrected chi connectivity index (χ1v) is 16.1. The van der Waals surface area contributed by atoms with E-state index in [9.17, 15) is 5.11 Å². The molecule has 2 atom stereocenters. The number of pyridine rings is 1. The first kappa shape index (κ1) is 29.2. The van der Waals surface area contributed by atoms with E-state index in [-0.39, 0.29) is 40.3 Å². The number of methoxy groups -OCH3 is 1. The lowest BCUT2D eigenvalue weighted by molar-refractivity contribution is 0.108. The van der Waals surface area contributed by atoms with E-state index in [2.05, 4.69) is 23.3 Å². The van der Waals surface area contributed by atoms with Crippen LogP contribution in [0.4, 0.5) is 10.2 Å². The molecule has 3 fully saturated rings. The Hall–Kier alpha value is -3.50. The molecule has 3 aromatic rings. The molecule has 44 heavy (non-hydrogen) atoms. The summed E-state index contributed by atoms with van der Waals surface area (Å²) in [6, 6.07) is 3.59. The molecule has 0 amide bonds. The zero-order valence-electron chi connectivity index (χ0n) is 25.8. The van der Waals surface area contributed by atoms with Gasteiger partial charge in [0.1, 0.15) is 34.8 Å². The molecule has 0 saturated carbocycles.